The van der Waals surface area contributed by atoms with Crippen molar-refractivity contribution in [3.63, 3.8) is 0 Å². The molecule has 0 radical (unpaired) electrons. The van der Waals surface area contributed by atoms with Crippen molar-refractivity contribution in [2.45, 2.75) is 12.7 Å². The van der Waals surface area contributed by atoms with Gasteiger partial charge in [0.15, 0.2) is 0 Å². The third kappa shape index (κ3) is 3.88. The number of para-hydroxylation sites is 2. The minimum atomic E-state index is -4.70. The molecule has 0 fully saturated rings. The normalized spacial score (nSPS) is 12.0. The summed E-state index contributed by atoms with van der Waals surface area (Å²) in [6.45, 7) is -0.615. The predicted octanol–water partition coefficient (Wildman–Crippen LogP) is 3.34. The molecule has 1 aromatic heterocycles. The molecule has 0 aliphatic rings. The maximum absolute atomic E-state index is 13.2. The Morgan fingerprint density at radius 1 is 1.19 bits per heavy atom. The maximum atomic E-state index is 13.2. The number of carbonyl (C=O) groups is 1. The summed E-state index contributed by atoms with van der Waals surface area (Å²) in [6, 6.07) is 11.5. The first kappa shape index (κ1) is 17.6. The molecule has 0 bridgehead atoms. The van der Waals surface area contributed by atoms with E-state index < -0.39 is 30.3 Å². The lowest BCUT2D eigenvalue weighted by Crippen LogP contribution is -2.26. The lowest BCUT2D eigenvalue weighted by Gasteiger charge is -2.10. The standard InChI is InChI=1S/C17H12F4N4O/c18-12-5-3-4-11(8-12)9-22-24-15(26)10-25-14-7-2-1-6-13(14)23-16(25)17(19,20)21/h1-9H,10H2,(H,24,26). The minimum absolute atomic E-state index is 0.135. The van der Waals surface area contributed by atoms with E-state index in [4.69, 9.17) is 0 Å². The van der Waals surface area contributed by atoms with E-state index in [0.29, 0.717) is 5.56 Å². The topological polar surface area (TPSA) is 59.3 Å². The molecule has 1 amide bonds. The van der Waals surface area contributed by atoms with Crippen LogP contribution >= 0.6 is 0 Å². The van der Waals surface area contributed by atoms with Gasteiger partial charge >= 0.3 is 6.18 Å². The number of alkyl halides is 3. The van der Waals surface area contributed by atoms with Gasteiger partial charge < -0.3 is 4.57 Å². The fourth-order valence-corrected chi connectivity index (χ4v) is 2.40. The molecular weight excluding hydrogens is 352 g/mol. The number of fused-ring (bicyclic) bond motifs is 1. The molecule has 0 saturated carbocycles. The van der Waals surface area contributed by atoms with Gasteiger partial charge in [0.25, 0.3) is 5.91 Å². The number of nitrogens with zero attached hydrogens (tertiary/aromatic N) is 3. The van der Waals surface area contributed by atoms with Crippen LogP contribution in [0.1, 0.15) is 11.4 Å². The molecule has 0 saturated heterocycles. The average Bonchev–Trinajstić information content (AvgIpc) is 2.94. The fraction of sp³-hybridized carbons (Fsp3) is 0.118. The summed E-state index contributed by atoms with van der Waals surface area (Å²) in [5, 5.41) is 3.63. The molecule has 26 heavy (non-hydrogen) atoms. The van der Waals surface area contributed by atoms with Gasteiger partial charge in [0.1, 0.15) is 12.4 Å². The molecule has 0 aliphatic heterocycles. The molecule has 0 aliphatic carbocycles. The number of aromatic nitrogens is 2. The van der Waals surface area contributed by atoms with Crippen LogP contribution in [0.3, 0.4) is 0 Å². The number of imidazole rings is 1. The number of halogens is 4. The van der Waals surface area contributed by atoms with Gasteiger partial charge in [0, 0.05) is 0 Å². The number of carbonyl (C=O) groups excluding carboxylic acids is 1. The van der Waals surface area contributed by atoms with Crippen molar-refractivity contribution in [1.82, 2.24) is 15.0 Å². The van der Waals surface area contributed by atoms with E-state index in [1.54, 1.807) is 18.2 Å². The van der Waals surface area contributed by atoms with Gasteiger partial charge in [-0.3, -0.25) is 4.79 Å². The highest BCUT2D eigenvalue weighted by molar-refractivity contribution is 5.83. The zero-order chi connectivity index (χ0) is 18.7. The van der Waals surface area contributed by atoms with Gasteiger partial charge in [-0.25, -0.2) is 14.8 Å². The summed E-state index contributed by atoms with van der Waals surface area (Å²) in [4.78, 5) is 15.5. The SMILES string of the molecule is O=C(Cn1c(C(F)(F)F)nc2ccccc21)NN=Cc1cccc(F)c1. The number of hydrazone groups is 1. The Hall–Kier alpha value is -3.23. The summed E-state index contributed by atoms with van der Waals surface area (Å²) >= 11 is 0. The number of hydrogen-bond acceptors (Lipinski definition) is 3. The molecule has 2 aromatic carbocycles. The number of benzene rings is 2. The van der Waals surface area contributed by atoms with Gasteiger partial charge in [-0.1, -0.05) is 24.3 Å². The van der Waals surface area contributed by atoms with E-state index in [9.17, 15) is 22.4 Å². The molecule has 134 valence electrons. The summed E-state index contributed by atoms with van der Waals surface area (Å²) in [7, 11) is 0. The molecule has 3 rings (SSSR count). The van der Waals surface area contributed by atoms with Gasteiger partial charge in [0.2, 0.25) is 5.82 Å². The Morgan fingerprint density at radius 3 is 2.69 bits per heavy atom. The Balaban J connectivity index is 1.79. The highest BCUT2D eigenvalue weighted by Gasteiger charge is 2.37. The van der Waals surface area contributed by atoms with E-state index in [1.165, 1.54) is 36.5 Å². The van der Waals surface area contributed by atoms with Crippen LogP contribution in [-0.2, 0) is 17.5 Å². The van der Waals surface area contributed by atoms with E-state index >= 15 is 0 Å². The van der Waals surface area contributed by atoms with Crippen LogP contribution in [-0.4, -0.2) is 21.7 Å². The summed E-state index contributed by atoms with van der Waals surface area (Å²) in [5.74, 6) is -2.41. The predicted molar refractivity (Wildman–Crippen MR) is 86.9 cm³/mol. The van der Waals surface area contributed by atoms with Crippen LogP contribution < -0.4 is 5.43 Å². The first-order valence-corrected chi connectivity index (χ1v) is 7.44. The van der Waals surface area contributed by atoms with Crippen LogP contribution in [0.2, 0.25) is 0 Å². The molecular formula is C17H12F4N4O. The lowest BCUT2D eigenvalue weighted by atomic mass is 10.2. The van der Waals surface area contributed by atoms with E-state index in [0.717, 1.165) is 4.57 Å². The molecule has 3 aromatic rings. The Morgan fingerprint density at radius 2 is 1.96 bits per heavy atom. The molecule has 0 unspecified atom stereocenters. The van der Waals surface area contributed by atoms with Crippen molar-refractivity contribution in [3.8, 4) is 0 Å². The number of rotatable bonds is 4. The third-order valence-electron chi connectivity index (χ3n) is 3.46. The molecule has 1 N–H and O–H groups in total. The van der Waals surface area contributed by atoms with Crippen molar-refractivity contribution >= 4 is 23.2 Å². The quantitative estimate of drug-likeness (QED) is 0.439. The third-order valence-corrected chi connectivity index (χ3v) is 3.46. The highest BCUT2D eigenvalue weighted by atomic mass is 19.4. The van der Waals surface area contributed by atoms with Gasteiger partial charge in [0.05, 0.1) is 17.2 Å². The van der Waals surface area contributed by atoms with Crippen molar-refractivity contribution < 1.29 is 22.4 Å². The number of hydrogen-bond donors (Lipinski definition) is 1. The van der Waals surface area contributed by atoms with E-state index in [-0.39, 0.29) is 11.0 Å². The van der Waals surface area contributed by atoms with E-state index in [2.05, 4.69) is 15.5 Å². The Labute approximate surface area is 145 Å². The van der Waals surface area contributed by atoms with Crippen molar-refractivity contribution in [2.24, 2.45) is 5.10 Å². The second kappa shape index (κ2) is 6.95. The van der Waals surface area contributed by atoms with Gasteiger partial charge in [-0.2, -0.15) is 18.3 Å². The van der Waals surface area contributed by atoms with Crippen molar-refractivity contribution in [2.75, 3.05) is 0 Å². The van der Waals surface area contributed by atoms with Crippen LogP contribution in [0, 0.1) is 5.82 Å². The molecule has 9 heteroatoms. The zero-order valence-electron chi connectivity index (χ0n) is 13.2. The van der Waals surface area contributed by atoms with Gasteiger partial charge in [-0.15, -0.1) is 0 Å². The fourth-order valence-electron chi connectivity index (χ4n) is 2.40. The summed E-state index contributed by atoms with van der Waals surface area (Å²) in [5.41, 5.74) is 2.84. The molecule has 1 heterocycles. The number of nitrogens with one attached hydrogen (secondary N) is 1. The van der Waals surface area contributed by atoms with E-state index in [1.807, 2.05) is 0 Å². The highest BCUT2D eigenvalue weighted by Crippen LogP contribution is 2.31. The van der Waals surface area contributed by atoms with Crippen LogP contribution in [0.4, 0.5) is 17.6 Å². The second-order valence-corrected chi connectivity index (χ2v) is 5.36. The second-order valence-electron chi connectivity index (χ2n) is 5.36. The van der Waals surface area contributed by atoms with Crippen molar-refractivity contribution in [1.29, 1.82) is 0 Å². The Bertz CT molecular complexity index is 978. The molecule has 5 nitrogen and oxygen atoms in total. The molecule has 0 atom stereocenters. The summed E-state index contributed by atoms with van der Waals surface area (Å²) < 4.78 is 53.3. The average molecular weight is 364 g/mol. The van der Waals surface area contributed by atoms with Crippen LogP contribution in [0.5, 0.6) is 0 Å². The first-order chi connectivity index (χ1) is 12.3. The smallest absolute Gasteiger partial charge is 0.311 e. The monoisotopic (exact) mass is 364 g/mol. The summed E-state index contributed by atoms with van der Waals surface area (Å²) in [6.07, 6.45) is -3.51. The minimum Gasteiger partial charge on any atom is -0.311 e. The first-order valence-electron chi connectivity index (χ1n) is 7.44. The lowest BCUT2D eigenvalue weighted by molar-refractivity contribution is -0.147. The Kier molecular flexibility index (Phi) is 4.70. The number of amides is 1. The van der Waals surface area contributed by atoms with Crippen molar-refractivity contribution in [3.05, 3.63) is 65.7 Å². The van der Waals surface area contributed by atoms with Gasteiger partial charge in [-0.05, 0) is 29.8 Å². The zero-order valence-corrected chi connectivity index (χ0v) is 13.2. The largest absolute Gasteiger partial charge is 0.449 e. The van der Waals surface area contributed by atoms with Crippen LogP contribution in [0.15, 0.2) is 53.6 Å². The maximum Gasteiger partial charge on any atom is 0.449 e. The van der Waals surface area contributed by atoms with Crippen LogP contribution in [0.25, 0.3) is 11.0 Å². The molecule has 0 spiro atoms.